The molecule has 0 spiro atoms. The minimum Gasteiger partial charge on any atom is -0.398 e. The monoisotopic (exact) mass is 608 g/mol. The van der Waals surface area contributed by atoms with Crippen LogP contribution in [0.15, 0.2) is 12.4 Å². The minimum atomic E-state index is -2.67. The normalized spacial score (nSPS) is 10.1. The molecule has 0 saturated heterocycles. The molecule has 0 bridgehead atoms. The summed E-state index contributed by atoms with van der Waals surface area (Å²) in [7, 11) is -13.9. The Morgan fingerprint density at radius 3 is 0.975 bits per heavy atom. The van der Waals surface area contributed by atoms with Crippen LogP contribution in [0.3, 0.4) is 0 Å². The van der Waals surface area contributed by atoms with Gasteiger partial charge in [-0.2, -0.15) is 0 Å². The lowest BCUT2D eigenvalue weighted by molar-refractivity contribution is 0.290. The Morgan fingerprint density at radius 2 is 0.750 bits per heavy atom. The van der Waals surface area contributed by atoms with Crippen LogP contribution < -0.4 is 0 Å². The summed E-state index contributed by atoms with van der Waals surface area (Å²) in [5.41, 5.74) is 0. The quantitative estimate of drug-likeness (QED) is 0.0728. The molecule has 0 amide bonds. The molecule has 40 heavy (non-hydrogen) atoms. The Labute approximate surface area is 232 Å². The molecule has 12 N–H and O–H groups in total. The lowest BCUT2D eigenvalue weighted by atomic mass is 10.1. The van der Waals surface area contributed by atoms with E-state index in [1.165, 1.54) is 57.9 Å². The molecular formula is C14H40B6F6N2O12. The van der Waals surface area contributed by atoms with E-state index in [-0.39, 0.29) is 0 Å². The second kappa shape index (κ2) is 42.3. The molecule has 0 fully saturated rings. The number of rotatable bonds is 9. The van der Waals surface area contributed by atoms with Crippen LogP contribution in [0, 0.1) is 0 Å². The van der Waals surface area contributed by atoms with Gasteiger partial charge < -0.3 is 70.1 Å². The van der Waals surface area contributed by atoms with E-state index in [4.69, 9.17) is 60.3 Å². The highest BCUT2D eigenvalue weighted by Gasteiger charge is 2.06. The number of unbranched alkanes of at least 4 members (excludes halogenated alkanes) is 7. The third-order valence-electron chi connectivity index (χ3n) is 3.24. The molecule has 0 aliphatic carbocycles. The molecular weight excluding hydrogens is 567 g/mol. The summed E-state index contributed by atoms with van der Waals surface area (Å²) >= 11 is 0. The number of hydrogen-bond acceptors (Lipinski definition) is 14. The van der Waals surface area contributed by atoms with Gasteiger partial charge >= 0.3 is 44.4 Å². The van der Waals surface area contributed by atoms with Crippen molar-refractivity contribution in [3.63, 3.8) is 0 Å². The Bertz CT molecular complexity index is 417. The van der Waals surface area contributed by atoms with Gasteiger partial charge in [0.25, 0.3) is 0 Å². The van der Waals surface area contributed by atoms with Crippen LogP contribution in [0.2, 0.25) is 0 Å². The van der Waals surface area contributed by atoms with Crippen LogP contribution >= 0.6 is 0 Å². The van der Waals surface area contributed by atoms with Crippen molar-refractivity contribution in [2.75, 3.05) is 20.3 Å². The Kier molecular flexibility index (Phi) is 54.5. The summed E-state index contributed by atoms with van der Waals surface area (Å²) in [6.45, 7) is 4.59. The van der Waals surface area contributed by atoms with Gasteiger partial charge in [-0.25, -0.2) is 0 Å². The zero-order valence-corrected chi connectivity index (χ0v) is 22.2. The Morgan fingerprint density at radius 1 is 0.500 bits per heavy atom. The summed E-state index contributed by atoms with van der Waals surface area (Å²) in [6, 6.07) is 0. The van der Waals surface area contributed by atoms with E-state index >= 15 is 0 Å². The van der Waals surface area contributed by atoms with Crippen molar-refractivity contribution in [2.45, 2.75) is 58.3 Å². The molecule has 0 aromatic rings. The van der Waals surface area contributed by atoms with Crippen molar-refractivity contribution in [2.24, 2.45) is 0 Å². The summed E-state index contributed by atoms with van der Waals surface area (Å²) in [5, 5.41) is 83.3. The molecule has 14 nitrogen and oxygen atoms in total. The molecule has 238 valence electrons. The van der Waals surface area contributed by atoms with Gasteiger partial charge in [0.05, 0.1) is 6.67 Å². The van der Waals surface area contributed by atoms with Crippen molar-refractivity contribution in [1.82, 2.24) is 9.80 Å². The lowest BCUT2D eigenvalue weighted by Gasteiger charge is -2.17. The Hall–Kier alpha value is -1.17. The maximum Gasteiger partial charge on any atom is 0.674 e. The molecule has 0 aromatic heterocycles. The van der Waals surface area contributed by atoms with Gasteiger partial charge in [-0.15, -0.1) is 0 Å². The van der Waals surface area contributed by atoms with E-state index < -0.39 is 44.4 Å². The molecule has 0 aromatic carbocycles. The first-order chi connectivity index (χ1) is 18.2. The van der Waals surface area contributed by atoms with E-state index in [1.807, 2.05) is 0 Å². The maximum absolute atomic E-state index is 10.1. The predicted octanol–water partition coefficient (Wildman–Crippen LogP) is -2.64. The van der Waals surface area contributed by atoms with Crippen LogP contribution in [-0.4, -0.2) is 135 Å². The smallest absolute Gasteiger partial charge is 0.398 e. The van der Waals surface area contributed by atoms with E-state index in [0.29, 0.717) is 0 Å². The topological polar surface area (TPSA) is 249 Å². The van der Waals surface area contributed by atoms with Crippen molar-refractivity contribution < 1.29 is 86.2 Å². The van der Waals surface area contributed by atoms with Gasteiger partial charge in [-0.05, 0) is 6.42 Å². The van der Waals surface area contributed by atoms with Crippen LogP contribution in [0.25, 0.3) is 0 Å². The van der Waals surface area contributed by atoms with Gasteiger partial charge in [-0.1, -0.05) is 51.9 Å². The van der Waals surface area contributed by atoms with Crippen LogP contribution in [0.1, 0.15) is 58.3 Å². The highest BCUT2D eigenvalue weighted by atomic mass is 19.1. The molecule has 0 atom stereocenters. The maximum atomic E-state index is 10.1. The SMILES string of the molecule is CCCCCCCCCCN1C=CN(C)C1.OB(O)F.OB(O)F.OB(O)F.OB(O)F.OB(O)F.OB(O)F. The van der Waals surface area contributed by atoms with Gasteiger partial charge in [-0.3, -0.25) is 25.9 Å². The van der Waals surface area contributed by atoms with Gasteiger partial charge in [0.2, 0.25) is 0 Å². The second-order valence-corrected chi connectivity index (χ2v) is 6.85. The number of hydrogen-bond donors (Lipinski definition) is 12. The van der Waals surface area contributed by atoms with Crippen molar-refractivity contribution in [3.05, 3.63) is 12.4 Å². The summed E-state index contributed by atoms with van der Waals surface area (Å²) < 4.78 is 60.7. The van der Waals surface area contributed by atoms with Gasteiger partial charge in [0.15, 0.2) is 0 Å². The molecule has 1 rings (SSSR count). The fourth-order valence-corrected chi connectivity index (χ4v) is 2.18. The van der Waals surface area contributed by atoms with Crippen LogP contribution in [-0.2, 0) is 0 Å². The van der Waals surface area contributed by atoms with Crippen LogP contribution in [0.5, 0.6) is 0 Å². The lowest BCUT2D eigenvalue weighted by Crippen LogP contribution is -2.23. The van der Waals surface area contributed by atoms with Crippen LogP contribution in [0.4, 0.5) is 25.9 Å². The van der Waals surface area contributed by atoms with E-state index in [2.05, 4.69) is 36.2 Å². The number of halogens is 6. The fraction of sp³-hybridized carbons (Fsp3) is 0.857. The highest BCUT2D eigenvalue weighted by molar-refractivity contribution is 6.32. The summed E-state index contributed by atoms with van der Waals surface area (Å²) in [4.78, 5) is 4.63. The highest BCUT2D eigenvalue weighted by Crippen LogP contribution is 2.10. The molecule has 0 saturated carbocycles. The van der Waals surface area contributed by atoms with E-state index in [0.717, 1.165) is 6.67 Å². The second-order valence-electron chi connectivity index (χ2n) is 6.85. The zero-order valence-electron chi connectivity index (χ0n) is 22.2. The zero-order chi connectivity index (χ0) is 33.1. The van der Waals surface area contributed by atoms with E-state index in [9.17, 15) is 25.9 Å². The predicted molar refractivity (Wildman–Crippen MR) is 139 cm³/mol. The molecule has 0 unspecified atom stereocenters. The third kappa shape index (κ3) is 149. The molecule has 0 radical (unpaired) electrons. The molecule has 1 aliphatic heterocycles. The van der Waals surface area contributed by atoms with Gasteiger partial charge in [0, 0.05) is 26.0 Å². The molecule has 1 aliphatic rings. The molecule has 1 heterocycles. The number of nitrogens with zero attached hydrogens (tertiary/aromatic N) is 2. The minimum absolute atomic E-state index is 1.08. The standard InChI is InChI=1S/C14H28N2.6BFH2O2/c1-3-4-5-6-7-8-9-10-11-16-13-12-15(2)14-16;6*2-1(3)4/h12-13H,3-11,14H2,1-2H3;6*3-4H. The Balaban J connectivity index is -0.0000000992. The van der Waals surface area contributed by atoms with Crippen molar-refractivity contribution in [1.29, 1.82) is 0 Å². The first kappa shape index (κ1) is 51.6. The first-order valence-corrected chi connectivity index (χ1v) is 11.4. The summed E-state index contributed by atoms with van der Waals surface area (Å²) in [6.07, 6.45) is 15.7. The largest absolute Gasteiger partial charge is 0.674 e. The third-order valence-corrected chi connectivity index (χ3v) is 3.24. The fourth-order valence-electron chi connectivity index (χ4n) is 2.18. The molecule has 26 heteroatoms. The van der Waals surface area contributed by atoms with Crippen molar-refractivity contribution >= 4 is 44.4 Å². The first-order valence-electron chi connectivity index (χ1n) is 11.4. The average molecular weight is 607 g/mol. The summed E-state index contributed by atoms with van der Waals surface area (Å²) in [5.74, 6) is 0. The van der Waals surface area contributed by atoms with E-state index in [1.54, 1.807) is 0 Å². The van der Waals surface area contributed by atoms with Crippen molar-refractivity contribution in [3.8, 4) is 0 Å². The van der Waals surface area contributed by atoms with Gasteiger partial charge in [0.1, 0.15) is 0 Å². The average Bonchev–Trinajstić information content (AvgIpc) is 3.12.